The van der Waals surface area contributed by atoms with Crippen molar-refractivity contribution in [1.82, 2.24) is 5.32 Å². The molecule has 0 aliphatic rings. The quantitative estimate of drug-likeness (QED) is 0.577. The second-order valence-electron chi connectivity index (χ2n) is 3.39. The number of rotatable bonds is 4. The summed E-state index contributed by atoms with van der Waals surface area (Å²) in [5.41, 5.74) is 4.53. The van der Waals surface area contributed by atoms with E-state index in [1.807, 2.05) is 13.8 Å². The van der Waals surface area contributed by atoms with E-state index in [0.717, 1.165) is 0 Å². The number of nitrogens with two attached hydrogens (primary N) is 1. The minimum absolute atomic E-state index is 0.132. The first-order chi connectivity index (χ1) is 5.37. The summed E-state index contributed by atoms with van der Waals surface area (Å²) >= 11 is 5.50. The minimum Gasteiger partial charge on any atom is -0.386 e. The zero-order chi connectivity index (χ0) is 9.78. The summed E-state index contributed by atoms with van der Waals surface area (Å²) in [6.45, 7) is 5.54. The van der Waals surface area contributed by atoms with Crippen LogP contribution in [0, 0.1) is 0 Å². The smallest absolute Gasteiger partial charge is 0.0971 e. The predicted octanol–water partition coefficient (Wildman–Crippen LogP) is 0.774. The van der Waals surface area contributed by atoms with Crippen LogP contribution in [0.5, 0.6) is 0 Å². The Bertz CT molecular complexity index is 166. The largest absolute Gasteiger partial charge is 0.386 e. The van der Waals surface area contributed by atoms with Crippen LogP contribution in [0.3, 0.4) is 0 Å². The average molecular weight is 193 g/mol. The number of halogens is 1. The van der Waals surface area contributed by atoms with E-state index in [1.165, 1.54) is 6.08 Å². The molecule has 0 aromatic rings. The molecule has 4 N–H and O–H groups in total. The van der Waals surface area contributed by atoms with Crippen molar-refractivity contribution in [2.45, 2.75) is 32.4 Å². The van der Waals surface area contributed by atoms with Gasteiger partial charge in [-0.05, 0) is 26.8 Å². The van der Waals surface area contributed by atoms with Crippen molar-refractivity contribution in [3.8, 4) is 0 Å². The monoisotopic (exact) mass is 192 g/mol. The number of hydrogen-bond donors (Lipinski definition) is 3. The van der Waals surface area contributed by atoms with Crippen LogP contribution in [0.25, 0.3) is 0 Å². The van der Waals surface area contributed by atoms with Crippen LogP contribution in [0.2, 0.25) is 0 Å². The minimum atomic E-state index is -1.03. The zero-order valence-corrected chi connectivity index (χ0v) is 8.52. The van der Waals surface area contributed by atoms with E-state index in [4.69, 9.17) is 17.3 Å². The van der Waals surface area contributed by atoms with E-state index in [-0.39, 0.29) is 11.9 Å². The summed E-state index contributed by atoms with van der Waals surface area (Å²) < 4.78 is 0. The molecular formula is C8H17ClN2O. The van der Waals surface area contributed by atoms with Gasteiger partial charge in [-0.2, -0.15) is 0 Å². The fourth-order valence-corrected chi connectivity index (χ4v) is 0.826. The molecule has 0 aliphatic carbocycles. The van der Waals surface area contributed by atoms with Gasteiger partial charge >= 0.3 is 0 Å². The van der Waals surface area contributed by atoms with Gasteiger partial charge in [0.05, 0.1) is 17.3 Å². The SMILES string of the molecule is CC(C)N/C(N)=C/C(C)(O)CCl. The van der Waals surface area contributed by atoms with Crippen LogP contribution in [0.1, 0.15) is 20.8 Å². The van der Waals surface area contributed by atoms with Gasteiger partial charge < -0.3 is 16.2 Å². The third kappa shape index (κ3) is 5.27. The molecule has 1 atom stereocenters. The van der Waals surface area contributed by atoms with E-state index in [2.05, 4.69) is 5.32 Å². The maximum Gasteiger partial charge on any atom is 0.0971 e. The number of nitrogens with one attached hydrogen (secondary N) is 1. The van der Waals surface area contributed by atoms with Gasteiger partial charge in [0.15, 0.2) is 0 Å². The molecule has 0 amide bonds. The van der Waals surface area contributed by atoms with Gasteiger partial charge in [-0.15, -0.1) is 11.6 Å². The van der Waals surface area contributed by atoms with E-state index in [0.29, 0.717) is 5.82 Å². The molecule has 0 saturated heterocycles. The Morgan fingerprint density at radius 1 is 1.75 bits per heavy atom. The highest BCUT2D eigenvalue weighted by atomic mass is 35.5. The summed E-state index contributed by atoms with van der Waals surface area (Å²) in [4.78, 5) is 0. The molecule has 3 nitrogen and oxygen atoms in total. The van der Waals surface area contributed by atoms with Crippen LogP contribution in [0.15, 0.2) is 11.9 Å². The summed E-state index contributed by atoms with van der Waals surface area (Å²) in [6, 6.07) is 0.257. The van der Waals surface area contributed by atoms with Gasteiger partial charge in [0.25, 0.3) is 0 Å². The van der Waals surface area contributed by atoms with Crippen LogP contribution in [-0.2, 0) is 0 Å². The van der Waals surface area contributed by atoms with Crippen molar-refractivity contribution in [2.75, 3.05) is 5.88 Å². The first kappa shape index (κ1) is 11.6. The van der Waals surface area contributed by atoms with Gasteiger partial charge in [-0.1, -0.05) is 0 Å². The van der Waals surface area contributed by atoms with Crippen molar-refractivity contribution in [3.05, 3.63) is 11.9 Å². The maximum absolute atomic E-state index is 9.48. The Morgan fingerprint density at radius 2 is 2.25 bits per heavy atom. The van der Waals surface area contributed by atoms with Crippen LogP contribution in [0.4, 0.5) is 0 Å². The molecular weight excluding hydrogens is 176 g/mol. The molecule has 4 heteroatoms. The predicted molar refractivity (Wildman–Crippen MR) is 51.9 cm³/mol. The standard InChI is InChI=1S/C8H17ClN2O/c1-6(2)11-7(10)4-8(3,12)5-9/h4,6,11-12H,5,10H2,1-3H3/b7-4+. The summed E-state index contributed by atoms with van der Waals surface area (Å²) in [6.07, 6.45) is 1.51. The van der Waals surface area contributed by atoms with E-state index < -0.39 is 5.60 Å². The lowest BCUT2D eigenvalue weighted by Crippen LogP contribution is -2.32. The molecule has 12 heavy (non-hydrogen) atoms. The molecule has 0 aliphatic heterocycles. The highest BCUT2D eigenvalue weighted by Gasteiger charge is 2.15. The first-order valence-corrected chi connectivity index (χ1v) is 4.44. The molecule has 0 bridgehead atoms. The van der Waals surface area contributed by atoms with E-state index in [1.54, 1.807) is 6.92 Å². The molecule has 0 aromatic carbocycles. The fraction of sp³-hybridized carbons (Fsp3) is 0.750. The number of alkyl halides is 1. The topological polar surface area (TPSA) is 58.3 Å². The lowest BCUT2D eigenvalue weighted by Gasteiger charge is -2.18. The van der Waals surface area contributed by atoms with Gasteiger partial charge in [-0.3, -0.25) is 0 Å². The highest BCUT2D eigenvalue weighted by Crippen LogP contribution is 2.08. The maximum atomic E-state index is 9.48. The molecule has 0 saturated carbocycles. The lowest BCUT2D eigenvalue weighted by molar-refractivity contribution is 0.135. The van der Waals surface area contributed by atoms with E-state index >= 15 is 0 Å². The zero-order valence-electron chi connectivity index (χ0n) is 7.76. The van der Waals surface area contributed by atoms with Crippen LogP contribution < -0.4 is 11.1 Å². The lowest BCUT2D eigenvalue weighted by atomic mass is 10.1. The van der Waals surface area contributed by atoms with Crippen molar-refractivity contribution >= 4 is 11.6 Å². The van der Waals surface area contributed by atoms with Crippen molar-refractivity contribution in [3.63, 3.8) is 0 Å². The Morgan fingerprint density at radius 3 is 2.58 bits per heavy atom. The van der Waals surface area contributed by atoms with Crippen molar-refractivity contribution < 1.29 is 5.11 Å². The molecule has 0 radical (unpaired) electrons. The number of aliphatic hydroxyl groups is 1. The molecule has 1 unspecified atom stereocenters. The Balaban J connectivity index is 4.15. The van der Waals surface area contributed by atoms with Gasteiger partial charge in [0.1, 0.15) is 0 Å². The molecule has 0 aromatic heterocycles. The van der Waals surface area contributed by atoms with Crippen LogP contribution >= 0.6 is 11.6 Å². The first-order valence-electron chi connectivity index (χ1n) is 3.90. The Kier molecular flexibility index (Phi) is 4.42. The molecule has 0 rings (SSSR count). The fourth-order valence-electron chi connectivity index (χ4n) is 0.749. The van der Waals surface area contributed by atoms with Crippen molar-refractivity contribution in [1.29, 1.82) is 0 Å². The molecule has 0 spiro atoms. The normalized spacial score (nSPS) is 17.7. The third-order valence-electron chi connectivity index (χ3n) is 1.19. The molecule has 72 valence electrons. The molecule has 0 heterocycles. The third-order valence-corrected chi connectivity index (χ3v) is 1.73. The summed E-state index contributed by atoms with van der Waals surface area (Å²) in [7, 11) is 0. The second kappa shape index (κ2) is 4.58. The van der Waals surface area contributed by atoms with Gasteiger partial charge in [0, 0.05) is 6.04 Å². The number of hydrogen-bond acceptors (Lipinski definition) is 3. The average Bonchev–Trinajstić information content (AvgIpc) is 1.84. The van der Waals surface area contributed by atoms with Crippen LogP contribution in [-0.4, -0.2) is 22.6 Å². The Hall–Kier alpha value is -0.410. The molecule has 0 fully saturated rings. The van der Waals surface area contributed by atoms with Gasteiger partial charge in [-0.25, -0.2) is 0 Å². The highest BCUT2D eigenvalue weighted by molar-refractivity contribution is 6.18. The van der Waals surface area contributed by atoms with E-state index in [9.17, 15) is 5.11 Å². The van der Waals surface area contributed by atoms with Gasteiger partial charge in [0.2, 0.25) is 0 Å². The van der Waals surface area contributed by atoms with Crippen molar-refractivity contribution in [2.24, 2.45) is 5.73 Å². The summed E-state index contributed by atoms with van der Waals surface area (Å²) in [5, 5.41) is 12.4. The second-order valence-corrected chi connectivity index (χ2v) is 3.66. The Labute approximate surface area is 78.6 Å². The summed E-state index contributed by atoms with van der Waals surface area (Å²) in [5.74, 6) is 0.587.